The highest BCUT2D eigenvalue weighted by Gasteiger charge is 2.11. The lowest BCUT2D eigenvalue weighted by Gasteiger charge is -2.06. The molecule has 4 heteroatoms. The minimum Gasteiger partial charge on any atom is -0.398 e. The first-order valence-corrected chi connectivity index (χ1v) is 6.56. The molecule has 0 fully saturated rings. The summed E-state index contributed by atoms with van der Waals surface area (Å²) in [6, 6.07) is 10.4. The van der Waals surface area contributed by atoms with Crippen LogP contribution >= 0.6 is 23.2 Å². The maximum atomic E-state index is 12.2. The van der Waals surface area contributed by atoms with E-state index in [-0.39, 0.29) is 12.2 Å². The van der Waals surface area contributed by atoms with Gasteiger partial charge in [-0.25, -0.2) is 0 Å². The van der Waals surface area contributed by atoms with Gasteiger partial charge in [-0.05, 0) is 42.3 Å². The molecule has 2 aromatic carbocycles. The highest BCUT2D eigenvalue weighted by Crippen LogP contribution is 2.23. The van der Waals surface area contributed by atoms with E-state index in [2.05, 4.69) is 0 Å². The molecule has 0 aliphatic carbocycles. The second-order valence-corrected chi connectivity index (χ2v) is 5.25. The summed E-state index contributed by atoms with van der Waals surface area (Å²) >= 11 is 12.0. The predicted octanol–water partition coefficient (Wildman–Crippen LogP) is 4.31. The van der Waals surface area contributed by atoms with Crippen LogP contribution in [0.5, 0.6) is 0 Å². The molecule has 0 amide bonds. The first-order chi connectivity index (χ1) is 8.97. The number of Topliss-reactive ketones (excluding diaryl/α,β-unsaturated/α-hetero) is 1. The Kier molecular flexibility index (Phi) is 4.13. The average Bonchev–Trinajstić information content (AvgIpc) is 2.37. The summed E-state index contributed by atoms with van der Waals surface area (Å²) in [4.78, 5) is 12.2. The molecule has 2 nitrogen and oxygen atoms in total. The Labute approximate surface area is 122 Å². The smallest absolute Gasteiger partial charge is 0.167 e. The number of aryl methyl sites for hydroxylation is 1. The van der Waals surface area contributed by atoms with E-state index in [9.17, 15) is 4.79 Å². The van der Waals surface area contributed by atoms with E-state index >= 15 is 0 Å². The first kappa shape index (κ1) is 13.9. The van der Waals surface area contributed by atoms with Crippen molar-refractivity contribution in [3.8, 4) is 0 Å². The third-order valence-electron chi connectivity index (χ3n) is 2.96. The number of hydrogen-bond acceptors (Lipinski definition) is 2. The third-order valence-corrected chi connectivity index (χ3v) is 3.56. The summed E-state index contributed by atoms with van der Waals surface area (Å²) in [6.07, 6.45) is 0.210. The van der Waals surface area contributed by atoms with E-state index in [1.165, 1.54) is 0 Å². The van der Waals surface area contributed by atoms with Crippen molar-refractivity contribution in [2.75, 3.05) is 5.73 Å². The standard InChI is InChI=1S/C15H13Cl2NO/c1-9-2-3-10(7-14(9)18)15(19)8-11-6-12(16)4-5-13(11)17/h2-7H,8,18H2,1H3. The number of anilines is 1. The summed E-state index contributed by atoms with van der Waals surface area (Å²) < 4.78 is 0. The van der Waals surface area contributed by atoms with Crippen molar-refractivity contribution in [2.24, 2.45) is 0 Å². The highest BCUT2D eigenvalue weighted by atomic mass is 35.5. The molecule has 0 aliphatic rings. The molecule has 0 bridgehead atoms. The molecule has 0 radical (unpaired) electrons. The molecular formula is C15H13Cl2NO. The highest BCUT2D eigenvalue weighted by molar-refractivity contribution is 6.33. The van der Waals surface area contributed by atoms with Gasteiger partial charge in [0.05, 0.1) is 0 Å². The number of ketones is 1. The zero-order chi connectivity index (χ0) is 14.0. The van der Waals surface area contributed by atoms with Gasteiger partial charge in [0.2, 0.25) is 0 Å². The van der Waals surface area contributed by atoms with Crippen LogP contribution in [-0.4, -0.2) is 5.78 Å². The molecule has 2 N–H and O–H groups in total. The maximum Gasteiger partial charge on any atom is 0.167 e. The van der Waals surface area contributed by atoms with E-state index in [4.69, 9.17) is 28.9 Å². The lowest BCUT2D eigenvalue weighted by molar-refractivity contribution is 0.0993. The molecule has 98 valence electrons. The van der Waals surface area contributed by atoms with Gasteiger partial charge in [0.15, 0.2) is 5.78 Å². The van der Waals surface area contributed by atoms with Crippen LogP contribution in [0.1, 0.15) is 21.5 Å². The van der Waals surface area contributed by atoms with Crippen LogP contribution in [0, 0.1) is 6.92 Å². The molecule has 0 atom stereocenters. The number of carbonyl (C=O) groups is 1. The van der Waals surface area contributed by atoms with E-state index in [0.717, 1.165) is 11.1 Å². The third kappa shape index (κ3) is 3.28. The summed E-state index contributed by atoms with van der Waals surface area (Å²) in [5.74, 6) is -0.0316. The molecule has 0 spiro atoms. The van der Waals surface area contributed by atoms with Crippen LogP contribution in [0.15, 0.2) is 36.4 Å². The maximum absolute atomic E-state index is 12.2. The van der Waals surface area contributed by atoms with Gasteiger partial charge < -0.3 is 5.73 Å². The van der Waals surface area contributed by atoms with Crippen LogP contribution in [-0.2, 0) is 6.42 Å². The van der Waals surface area contributed by atoms with Crippen LogP contribution in [0.3, 0.4) is 0 Å². The van der Waals surface area contributed by atoms with Crippen LogP contribution in [0.4, 0.5) is 5.69 Å². The van der Waals surface area contributed by atoms with Gasteiger partial charge in [-0.1, -0.05) is 35.3 Å². The van der Waals surface area contributed by atoms with Gasteiger partial charge in [0.25, 0.3) is 0 Å². The monoisotopic (exact) mass is 293 g/mol. The topological polar surface area (TPSA) is 43.1 Å². The Morgan fingerprint density at radius 3 is 2.58 bits per heavy atom. The number of halogens is 2. The van der Waals surface area contributed by atoms with Crippen LogP contribution < -0.4 is 5.73 Å². The van der Waals surface area contributed by atoms with Gasteiger partial charge in [-0.2, -0.15) is 0 Å². The lowest BCUT2D eigenvalue weighted by atomic mass is 10.0. The quantitative estimate of drug-likeness (QED) is 0.677. The van der Waals surface area contributed by atoms with Crippen molar-refractivity contribution < 1.29 is 4.79 Å². The van der Waals surface area contributed by atoms with E-state index in [1.807, 2.05) is 13.0 Å². The Balaban J connectivity index is 2.25. The number of hydrogen-bond donors (Lipinski definition) is 1. The van der Waals surface area contributed by atoms with Crippen molar-refractivity contribution in [3.63, 3.8) is 0 Å². The number of nitrogen functional groups attached to an aromatic ring is 1. The number of rotatable bonds is 3. The molecule has 0 aromatic heterocycles. The van der Waals surface area contributed by atoms with E-state index in [1.54, 1.807) is 30.3 Å². The largest absolute Gasteiger partial charge is 0.398 e. The Morgan fingerprint density at radius 1 is 1.16 bits per heavy atom. The molecular weight excluding hydrogens is 281 g/mol. The Morgan fingerprint density at radius 2 is 1.89 bits per heavy atom. The summed E-state index contributed by atoms with van der Waals surface area (Å²) in [7, 11) is 0. The minimum absolute atomic E-state index is 0.0316. The zero-order valence-corrected chi connectivity index (χ0v) is 11.9. The molecule has 0 aliphatic heterocycles. The summed E-state index contributed by atoms with van der Waals surface area (Å²) in [5, 5.41) is 1.11. The molecule has 19 heavy (non-hydrogen) atoms. The van der Waals surface area contributed by atoms with Crippen LogP contribution in [0.25, 0.3) is 0 Å². The van der Waals surface area contributed by atoms with Crippen molar-refractivity contribution in [3.05, 3.63) is 63.1 Å². The number of carbonyl (C=O) groups excluding carboxylic acids is 1. The molecule has 2 rings (SSSR count). The minimum atomic E-state index is -0.0316. The van der Waals surface area contributed by atoms with E-state index in [0.29, 0.717) is 21.3 Å². The Hall–Kier alpha value is -1.51. The fourth-order valence-corrected chi connectivity index (χ4v) is 2.15. The lowest BCUT2D eigenvalue weighted by Crippen LogP contribution is -2.05. The van der Waals surface area contributed by atoms with Gasteiger partial charge in [0, 0.05) is 27.7 Å². The Bertz CT molecular complexity index is 638. The van der Waals surface area contributed by atoms with Crippen LogP contribution in [0.2, 0.25) is 10.0 Å². The molecule has 2 aromatic rings. The van der Waals surface area contributed by atoms with E-state index < -0.39 is 0 Å². The molecule has 0 heterocycles. The number of benzene rings is 2. The predicted molar refractivity (Wildman–Crippen MR) is 80.1 cm³/mol. The van der Waals surface area contributed by atoms with Crippen molar-refractivity contribution in [1.29, 1.82) is 0 Å². The second-order valence-electron chi connectivity index (χ2n) is 4.41. The SMILES string of the molecule is Cc1ccc(C(=O)Cc2cc(Cl)ccc2Cl)cc1N. The van der Waals surface area contributed by atoms with Gasteiger partial charge in [-0.3, -0.25) is 4.79 Å². The fraction of sp³-hybridized carbons (Fsp3) is 0.133. The van der Waals surface area contributed by atoms with Crippen molar-refractivity contribution in [1.82, 2.24) is 0 Å². The summed E-state index contributed by atoms with van der Waals surface area (Å²) in [5.41, 5.74) is 8.68. The van der Waals surface area contributed by atoms with Gasteiger partial charge in [0.1, 0.15) is 0 Å². The summed E-state index contributed by atoms with van der Waals surface area (Å²) in [6.45, 7) is 1.90. The molecule has 0 saturated heterocycles. The van der Waals surface area contributed by atoms with Gasteiger partial charge in [-0.15, -0.1) is 0 Å². The zero-order valence-electron chi connectivity index (χ0n) is 10.4. The van der Waals surface area contributed by atoms with Crippen molar-refractivity contribution in [2.45, 2.75) is 13.3 Å². The second kappa shape index (κ2) is 5.64. The van der Waals surface area contributed by atoms with Gasteiger partial charge >= 0.3 is 0 Å². The first-order valence-electron chi connectivity index (χ1n) is 5.80. The fourth-order valence-electron chi connectivity index (χ4n) is 1.77. The van der Waals surface area contributed by atoms with Crippen molar-refractivity contribution >= 4 is 34.7 Å². The normalized spacial score (nSPS) is 10.5. The molecule has 0 unspecified atom stereocenters. The average molecular weight is 294 g/mol. The molecule has 0 saturated carbocycles. The number of nitrogens with two attached hydrogens (primary N) is 1.